The maximum atomic E-state index is 13.9. The summed E-state index contributed by atoms with van der Waals surface area (Å²) in [6.45, 7) is 3.68. The molecule has 2 heterocycles. The second kappa shape index (κ2) is 14.1. The molecule has 2 unspecified atom stereocenters. The van der Waals surface area contributed by atoms with E-state index in [1.54, 1.807) is 48.9 Å². The van der Waals surface area contributed by atoms with Crippen LogP contribution >= 0.6 is 11.3 Å². The van der Waals surface area contributed by atoms with Crippen LogP contribution < -0.4 is 14.8 Å². The zero-order valence-corrected chi connectivity index (χ0v) is 28.5. The smallest absolute Gasteiger partial charge is 0.259 e. The van der Waals surface area contributed by atoms with Crippen molar-refractivity contribution in [2.24, 2.45) is 11.1 Å². The van der Waals surface area contributed by atoms with Gasteiger partial charge in [0.2, 0.25) is 15.9 Å². The Balaban J connectivity index is 1.21. The number of nitrogens with zero attached hydrogens (tertiary/aromatic N) is 2. The van der Waals surface area contributed by atoms with Gasteiger partial charge in [0.15, 0.2) is 0 Å². The molecule has 1 aliphatic heterocycles. The molecule has 2 saturated carbocycles. The van der Waals surface area contributed by atoms with Gasteiger partial charge in [0.25, 0.3) is 11.8 Å². The van der Waals surface area contributed by atoms with Gasteiger partial charge in [0, 0.05) is 34.8 Å². The molecule has 0 radical (unpaired) electrons. The van der Waals surface area contributed by atoms with Gasteiger partial charge in [-0.25, -0.2) is 8.42 Å². The van der Waals surface area contributed by atoms with Crippen molar-refractivity contribution in [2.45, 2.75) is 61.1 Å². The minimum Gasteiger partial charge on any atom is -0.497 e. The van der Waals surface area contributed by atoms with Gasteiger partial charge in [-0.05, 0) is 54.5 Å². The Hall–Kier alpha value is -4.53. The fourth-order valence-electron chi connectivity index (χ4n) is 6.11. The van der Waals surface area contributed by atoms with Crippen molar-refractivity contribution in [2.75, 3.05) is 13.7 Å². The highest BCUT2D eigenvalue weighted by molar-refractivity contribution is 7.91. The van der Waals surface area contributed by atoms with E-state index in [4.69, 9.17) is 9.57 Å². The zero-order valence-electron chi connectivity index (χ0n) is 26.9. The molecule has 0 spiro atoms. The summed E-state index contributed by atoms with van der Waals surface area (Å²) in [5.41, 5.74) is 0.861. The first-order chi connectivity index (χ1) is 23.5. The number of rotatable bonds is 14. The minimum atomic E-state index is -3.87. The van der Waals surface area contributed by atoms with E-state index in [2.05, 4.69) is 21.8 Å². The molecule has 6 rings (SSSR count). The Morgan fingerprint density at radius 2 is 1.94 bits per heavy atom. The van der Waals surface area contributed by atoms with Gasteiger partial charge >= 0.3 is 0 Å². The van der Waals surface area contributed by atoms with E-state index in [1.807, 2.05) is 41.8 Å². The Labute approximate surface area is 288 Å². The summed E-state index contributed by atoms with van der Waals surface area (Å²) >= 11 is 1.57. The second-order valence-electron chi connectivity index (χ2n) is 12.5. The van der Waals surface area contributed by atoms with Crippen LogP contribution in [0.25, 0.3) is 10.4 Å². The van der Waals surface area contributed by atoms with Crippen LogP contribution in [-0.4, -0.2) is 85.1 Å². The van der Waals surface area contributed by atoms with Crippen LogP contribution in [0.5, 0.6) is 5.75 Å². The number of likely N-dealkylation sites (tertiary alicyclic amines) is 1. The molecule has 3 fully saturated rings. The molecule has 1 saturated heterocycles. The maximum absolute atomic E-state index is 13.9. The van der Waals surface area contributed by atoms with Crippen LogP contribution in [0.3, 0.4) is 0 Å². The third-order valence-corrected chi connectivity index (χ3v) is 11.8. The van der Waals surface area contributed by atoms with E-state index >= 15 is 0 Å². The maximum Gasteiger partial charge on any atom is 0.259 e. The lowest BCUT2D eigenvalue weighted by Crippen LogP contribution is -2.57. The van der Waals surface area contributed by atoms with Crippen molar-refractivity contribution in [3.63, 3.8) is 0 Å². The summed E-state index contributed by atoms with van der Waals surface area (Å²) in [7, 11) is -2.30. The topological polar surface area (TPSA) is 164 Å². The average Bonchev–Trinajstić information content (AvgIpc) is 3.97. The first kappa shape index (κ1) is 34.3. The van der Waals surface area contributed by atoms with Crippen molar-refractivity contribution in [3.05, 3.63) is 89.8 Å². The number of methoxy groups -OCH3 is 1. The molecule has 3 amide bonds. The monoisotopic (exact) mass is 706 g/mol. The summed E-state index contributed by atoms with van der Waals surface area (Å²) in [6, 6.07) is 17.4. The number of hydrogen-bond acceptors (Lipinski definition) is 10. The van der Waals surface area contributed by atoms with Gasteiger partial charge in [0.05, 0.1) is 25.1 Å². The molecule has 14 heteroatoms. The van der Waals surface area contributed by atoms with Crippen molar-refractivity contribution in [3.8, 4) is 16.2 Å². The summed E-state index contributed by atoms with van der Waals surface area (Å²) in [5, 5.41) is 19.3. The van der Waals surface area contributed by atoms with Crippen LogP contribution in [-0.2, 0) is 35.7 Å². The molecule has 2 aliphatic carbocycles. The van der Waals surface area contributed by atoms with Crippen LogP contribution in [0.15, 0.2) is 83.9 Å². The van der Waals surface area contributed by atoms with E-state index < -0.39 is 62.7 Å². The Kier molecular flexibility index (Phi) is 9.91. The lowest BCUT2D eigenvalue weighted by atomic mass is 10.1. The van der Waals surface area contributed by atoms with E-state index in [-0.39, 0.29) is 25.8 Å². The third-order valence-electron chi connectivity index (χ3n) is 9.10. The number of aliphatic hydroxyl groups is 1. The van der Waals surface area contributed by atoms with E-state index in [0.717, 1.165) is 21.6 Å². The molecule has 3 aromatic rings. The Bertz CT molecular complexity index is 1850. The van der Waals surface area contributed by atoms with Gasteiger partial charge in [-0.2, -0.15) is 0 Å². The molecule has 49 heavy (non-hydrogen) atoms. The number of carbonyl (C=O) groups is 3. The number of aliphatic hydroxyl groups excluding tert-OH is 1. The third kappa shape index (κ3) is 7.56. The minimum absolute atomic E-state index is 0.0136. The molecule has 3 N–H and O–H groups in total. The number of thiophene rings is 1. The number of nitrogens with one attached hydrogen (secondary N) is 2. The normalized spacial score (nSPS) is 23.9. The van der Waals surface area contributed by atoms with Crippen molar-refractivity contribution >= 4 is 45.3 Å². The zero-order chi connectivity index (χ0) is 34.8. The fraction of sp³-hybridized carbons (Fsp3) is 0.371. The van der Waals surface area contributed by atoms with Gasteiger partial charge in [-0.3, -0.25) is 19.1 Å². The van der Waals surface area contributed by atoms with Gasteiger partial charge in [0.1, 0.15) is 29.5 Å². The molecular weight excluding hydrogens is 669 g/mol. The van der Waals surface area contributed by atoms with Crippen molar-refractivity contribution in [1.82, 2.24) is 14.9 Å². The molecule has 5 atom stereocenters. The first-order valence-electron chi connectivity index (χ1n) is 16.0. The number of ether oxygens (including phenoxy) is 1. The Morgan fingerprint density at radius 3 is 2.59 bits per heavy atom. The number of benzene rings is 2. The number of hydrogen-bond donors (Lipinski definition) is 3. The molecular formula is C35H38N4O8S2. The van der Waals surface area contributed by atoms with Crippen LogP contribution in [0.4, 0.5) is 0 Å². The Morgan fingerprint density at radius 1 is 1.16 bits per heavy atom. The number of amides is 3. The predicted octanol–water partition coefficient (Wildman–Crippen LogP) is 3.02. The van der Waals surface area contributed by atoms with Crippen LogP contribution in [0.1, 0.15) is 36.8 Å². The first-order valence-corrected chi connectivity index (χ1v) is 18.4. The molecule has 3 aliphatic rings. The quantitative estimate of drug-likeness (QED) is 0.131. The van der Waals surface area contributed by atoms with E-state index in [1.165, 1.54) is 11.0 Å². The van der Waals surface area contributed by atoms with E-state index in [9.17, 15) is 27.9 Å². The average molecular weight is 707 g/mol. The van der Waals surface area contributed by atoms with Crippen molar-refractivity contribution < 1.29 is 37.5 Å². The molecule has 0 bridgehead atoms. The number of sulfonamides is 1. The van der Waals surface area contributed by atoms with Gasteiger partial charge in [-0.1, -0.05) is 47.6 Å². The summed E-state index contributed by atoms with van der Waals surface area (Å²) in [6.07, 6.45) is 1.98. The summed E-state index contributed by atoms with van der Waals surface area (Å²) in [5.74, 6) is -2.07. The molecule has 12 nitrogen and oxygen atoms in total. The highest BCUT2D eigenvalue weighted by Gasteiger charge is 2.62. The number of oxime groups is 1. The van der Waals surface area contributed by atoms with Gasteiger partial charge < -0.3 is 24.9 Å². The standard InChI is InChI=1S/C35H38N4O8S2/c1-3-24-19-35(24,34(43)38-49(44,45)27-12-13-27)37-32(41)29-18-26(21-39(29)33(42)30(40)16-22-8-5-4-6-9-22)47-36-20-23-17-25(46-2)11-14-28(23)31-10-7-15-48-31/h3-11,14-15,17,20,24,26-27,29-30,40H,1,12-13,16,18-19,21H2,2H3,(H,37,41)(H,38,43)/b36-20+/t24-,26?,29?,30+,35+/m1/s1. The molecule has 258 valence electrons. The van der Waals surface area contributed by atoms with Gasteiger partial charge in [-0.15, -0.1) is 17.9 Å². The molecule has 2 aromatic carbocycles. The lowest BCUT2D eigenvalue weighted by Gasteiger charge is -2.28. The highest BCUT2D eigenvalue weighted by Crippen LogP contribution is 2.45. The number of carbonyl (C=O) groups excluding carboxylic acids is 3. The van der Waals surface area contributed by atoms with Crippen LogP contribution in [0, 0.1) is 5.92 Å². The molecule has 1 aromatic heterocycles. The van der Waals surface area contributed by atoms with Crippen LogP contribution in [0.2, 0.25) is 0 Å². The lowest BCUT2D eigenvalue weighted by molar-refractivity contribution is -0.146. The van der Waals surface area contributed by atoms with Crippen molar-refractivity contribution in [1.29, 1.82) is 0 Å². The predicted molar refractivity (Wildman–Crippen MR) is 184 cm³/mol. The summed E-state index contributed by atoms with van der Waals surface area (Å²) < 4.78 is 32.7. The highest BCUT2D eigenvalue weighted by atomic mass is 32.2. The fourth-order valence-corrected chi connectivity index (χ4v) is 8.24. The summed E-state index contributed by atoms with van der Waals surface area (Å²) in [4.78, 5) is 49.0. The largest absolute Gasteiger partial charge is 0.497 e. The second-order valence-corrected chi connectivity index (χ2v) is 15.4. The SMILES string of the molecule is C=C[C@@H]1C[C@@]1(NC(=O)C1CC(O/N=C/c2cc(OC)ccc2-c2cccs2)CN1C(=O)[C@@H](O)Cc1ccccc1)C(=O)NS(=O)(=O)C1CC1. The van der Waals surface area contributed by atoms with E-state index in [0.29, 0.717) is 18.6 Å².